The first kappa shape index (κ1) is 29.7. The van der Waals surface area contributed by atoms with Crippen LogP contribution in [0.15, 0.2) is 48.5 Å². The Bertz CT molecular complexity index is 1430. The first-order chi connectivity index (χ1) is 21.5. The van der Waals surface area contributed by atoms with Gasteiger partial charge < -0.3 is 40.1 Å². The van der Waals surface area contributed by atoms with Crippen LogP contribution in [0.1, 0.15) is 23.2 Å². The van der Waals surface area contributed by atoms with Crippen LogP contribution in [0, 0.1) is 0 Å². The Morgan fingerprint density at radius 2 is 1.48 bits per heavy atom. The van der Waals surface area contributed by atoms with E-state index in [0.29, 0.717) is 74.2 Å². The largest absolute Gasteiger partial charge is 0.378 e. The quantitative estimate of drug-likeness (QED) is 0.336. The Morgan fingerprint density at radius 1 is 0.864 bits per heavy atom. The molecule has 13 nitrogen and oxygen atoms in total. The van der Waals surface area contributed by atoms with E-state index in [-0.39, 0.29) is 24.0 Å². The van der Waals surface area contributed by atoms with Crippen LogP contribution in [-0.2, 0) is 9.47 Å². The van der Waals surface area contributed by atoms with Crippen LogP contribution < -0.4 is 25.8 Å². The zero-order valence-electron chi connectivity index (χ0n) is 25.2. The van der Waals surface area contributed by atoms with Gasteiger partial charge >= 0.3 is 6.03 Å². The molecule has 3 saturated heterocycles. The molecule has 2 atom stereocenters. The SMILES string of the molecule is CNCCN(C)C(=O)c1ccc(NC(=O)Nc2ccc(-c3nc(N4CCOCC4)nc(N4C5CCC4COC5)n3)cc2)cc1. The van der Waals surface area contributed by atoms with E-state index >= 15 is 0 Å². The monoisotopic (exact) mass is 601 g/mol. The molecular weight excluding hydrogens is 562 g/mol. The summed E-state index contributed by atoms with van der Waals surface area (Å²) in [6.07, 6.45) is 2.13. The number of rotatable bonds is 9. The van der Waals surface area contributed by atoms with Gasteiger partial charge in [-0.3, -0.25) is 4.79 Å². The number of amides is 3. The van der Waals surface area contributed by atoms with E-state index in [0.717, 1.165) is 31.5 Å². The molecular formula is C31H39N9O4. The lowest BCUT2D eigenvalue weighted by molar-refractivity contribution is 0.0797. The summed E-state index contributed by atoms with van der Waals surface area (Å²) < 4.78 is 11.3. The number of anilines is 4. The number of nitrogens with zero attached hydrogens (tertiary/aromatic N) is 6. The third-order valence-electron chi connectivity index (χ3n) is 8.21. The van der Waals surface area contributed by atoms with Crippen LogP contribution in [0.3, 0.4) is 0 Å². The Kier molecular flexibility index (Phi) is 9.15. The number of morpholine rings is 2. The number of fused-ring (bicyclic) bond motifs is 2. The summed E-state index contributed by atoms with van der Waals surface area (Å²) in [5, 5.41) is 8.72. The van der Waals surface area contributed by atoms with E-state index in [9.17, 15) is 9.59 Å². The van der Waals surface area contributed by atoms with Crippen LogP contribution in [0.25, 0.3) is 11.4 Å². The fraction of sp³-hybridized carbons (Fsp3) is 0.452. The van der Waals surface area contributed by atoms with E-state index in [4.69, 9.17) is 24.4 Å². The number of ether oxygens (including phenoxy) is 2. The van der Waals surface area contributed by atoms with E-state index in [2.05, 4.69) is 25.8 Å². The Hall–Kier alpha value is -4.33. The van der Waals surface area contributed by atoms with Gasteiger partial charge in [0, 0.05) is 55.7 Å². The molecule has 0 spiro atoms. The highest BCUT2D eigenvalue weighted by Gasteiger charge is 2.39. The van der Waals surface area contributed by atoms with Crippen LogP contribution in [-0.4, -0.2) is 111 Å². The van der Waals surface area contributed by atoms with Gasteiger partial charge in [0.05, 0.1) is 38.5 Å². The zero-order chi connectivity index (χ0) is 30.5. The average Bonchev–Trinajstić information content (AvgIpc) is 3.31. The van der Waals surface area contributed by atoms with Gasteiger partial charge in [0.15, 0.2) is 5.82 Å². The summed E-state index contributed by atoms with van der Waals surface area (Å²) >= 11 is 0. The maximum absolute atomic E-state index is 12.7. The summed E-state index contributed by atoms with van der Waals surface area (Å²) in [4.78, 5) is 46.1. The second-order valence-corrected chi connectivity index (χ2v) is 11.3. The molecule has 2 unspecified atom stereocenters. The highest BCUT2D eigenvalue weighted by molar-refractivity contribution is 6.00. The molecule has 3 aromatic rings. The van der Waals surface area contributed by atoms with E-state index in [1.54, 1.807) is 36.2 Å². The lowest BCUT2D eigenvalue weighted by atomic mass is 10.2. The standard InChI is InChI=1S/C31H39N9O4/c1-32-13-14-38(2)28(41)22-5-9-24(10-6-22)34-31(42)33-23-7-3-21(4-8-23)27-35-29(39-15-17-43-18-16-39)37-30(36-27)40-25-11-12-26(40)20-44-19-25/h3-10,25-26,32H,11-20H2,1-2H3,(H2,33,34,42). The molecule has 0 saturated carbocycles. The Morgan fingerprint density at radius 3 is 2.11 bits per heavy atom. The minimum atomic E-state index is -0.386. The number of carbonyl (C=O) groups is 2. The van der Waals surface area contributed by atoms with Crippen LogP contribution in [0.2, 0.25) is 0 Å². The maximum atomic E-state index is 12.7. The summed E-state index contributed by atoms with van der Waals surface area (Å²) in [6.45, 7) is 5.41. The van der Waals surface area contributed by atoms with Crippen molar-refractivity contribution in [2.45, 2.75) is 24.9 Å². The molecule has 3 fully saturated rings. The van der Waals surface area contributed by atoms with Crippen molar-refractivity contribution in [3.8, 4) is 11.4 Å². The minimum absolute atomic E-state index is 0.0731. The molecule has 3 aliphatic rings. The van der Waals surface area contributed by atoms with Crippen molar-refractivity contribution in [1.29, 1.82) is 0 Å². The molecule has 2 bridgehead atoms. The van der Waals surface area contributed by atoms with Crippen LogP contribution >= 0.6 is 0 Å². The number of hydrogen-bond acceptors (Lipinski definition) is 10. The smallest absolute Gasteiger partial charge is 0.323 e. The van der Waals surface area contributed by atoms with Crippen molar-refractivity contribution >= 4 is 35.2 Å². The molecule has 2 aromatic carbocycles. The van der Waals surface area contributed by atoms with Gasteiger partial charge in [0.1, 0.15) is 0 Å². The van der Waals surface area contributed by atoms with Gasteiger partial charge in [-0.2, -0.15) is 15.0 Å². The van der Waals surface area contributed by atoms with Crippen molar-refractivity contribution in [1.82, 2.24) is 25.2 Å². The number of hydrogen-bond donors (Lipinski definition) is 3. The maximum Gasteiger partial charge on any atom is 0.323 e. The van der Waals surface area contributed by atoms with Crippen molar-refractivity contribution in [3.63, 3.8) is 0 Å². The molecule has 3 N–H and O–H groups in total. The first-order valence-electron chi connectivity index (χ1n) is 15.1. The molecule has 3 aliphatic heterocycles. The normalized spacial score (nSPS) is 19.5. The van der Waals surface area contributed by atoms with Crippen molar-refractivity contribution < 1.29 is 19.1 Å². The minimum Gasteiger partial charge on any atom is -0.378 e. The molecule has 13 heteroatoms. The second-order valence-electron chi connectivity index (χ2n) is 11.3. The van der Waals surface area contributed by atoms with Gasteiger partial charge in [-0.15, -0.1) is 0 Å². The summed E-state index contributed by atoms with van der Waals surface area (Å²) in [5.41, 5.74) is 2.59. The Labute approximate surface area is 257 Å². The molecule has 4 heterocycles. The van der Waals surface area contributed by atoms with Gasteiger partial charge in [-0.25, -0.2) is 4.79 Å². The number of carbonyl (C=O) groups excluding carboxylic acids is 2. The van der Waals surface area contributed by atoms with Gasteiger partial charge in [0.2, 0.25) is 11.9 Å². The number of aromatic nitrogens is 3. The lowest BCUT2D eigenvalue weighted by Crippen LogP contribution is -2.47. The van der Waals surface area contributed by atoms with Crippen molar-refractivity contribution in [2.24, 2.45) is 0 Å². The van der Waals surface area contributed by atoms with Gasteiger partial charge in [0.25, 0.3) is 5.91 Å². The van der Waals surface area contributed by atoms with E-state index in [1.165, 1.54) is 0 Å². The predicted octanol–water partition coefficient (Wildman–Crippen LogP) is 2.68. The average molecular weight is 602 g/mol. The third kappa shape index (κ3) is 6.74. The van der Waals surface area contributed by atoms with Gasteiger partial charge in [-0.05, 0) is 68.4 Å². The third-order valence-corrected chi connectivity index (χ3v) is 8.21. The highest BCUT2D eigenvalue weighted by atomic mass is 16.5. The Balaban J connectivity index is 1.13. The first-order valence-corrected chi connectivity index (χ1v) is 15.1. The van der Waals surface area contributed by atoms with Crippen LogP contribution in [0.5, 0.6) is 0 Å². The molecule has 44 heavy (non-hydrogen) atoms. The van der Waals surface area contributed by atoms with Gasteiger partial charge in [-0.1, -0.05) is 0 Å². The predicted molar refractivity (Wildman–Crippen MR) is 168 cm³/mol. The lowest BCUT2D eigenvalue weighted by Gasteiger charge is -2.35. The highest BCUT2D eigenvalue weighted by Crippen LogP contribution is 2.34. The number of urea groups is 1. The summed E-state index contributed by atoms with van der Waals surface area (Å²) in [7, 11) is 3.61. The van der Waals surface area contributed by atoms with E-state index < -0.39 is 0 Å². The molecule has 0 radical (unpaired) electrons. The molecule has 0 aliphatic carbocycles. The molecule has 6 rings (SSSR count). The summed E-state index contributed by atoms with van der Waals surface area (Å²) in [6, 6.07) is 14.5. The van der Waals surface area contributed by atoms with Crippen LogP contribution in [0.4, 0.5) is 28.1 Å². The van der Waals surface area contributed by atoms with Crippen molar-refractivity contribution in [2.75, 3.05) is 87.1 Å². The molecule has 3 amide bonds. The van der Waals surface area contributed by atoms with E-state index in [1.807, 2.05) is 31.3 Å². The second kappa shape index (κ2) is 13.5. The fourth-order valence-electron chi connectivity index (χ4n) is 5.75. The number of benzene rings is 2. The van der Waals surface area contributed by atoms with Crippen molar-refractivity contribution in [3.05, 3.63) is 54.1 Å². The number of likely N-dealkylation sites (N-methyl/N-ethyl adjacent to an activating group) is 2. The topological polar surface area (TPSA) is 137 Å². The zero-order valence-corrected chi connectivity index (χ0v) is 25.2. The summed E-state index contributed by atoms with van der Waals surface area (Å²) in [5.74, 6) is 1.85. The fourth-order valence-corrected chi connectivity index (χ4v) is 5.75. The number of nitrogens with one attached hydrogen (secondary N) is 3. The molecule has 1 aromatic heterocycles. The molecule has 232 valence electrons.